The van der Waals surface area contributed by atoms with Gasteiger partial charge in [0.25, 0.3) is 11.5 Å². The normalized spacial score (nSPS) is 15.6. The topological polar surface area (TPSA) is 87.6 Å². The van der Waals surface area contributed by atoms with Crippen LogP contribution in [0.4, 0.5) is 0 Å². The standard InChI is InChI=1S/C22H22ClN3O4/c23-16-4-1-3-15(13-16)19(26-8-11-29-12-9-26)14-24-21(27)17-6-7-18(25-22(17)28)20-5-2-10-30-20/h1-7,10,13,19H,8-9,11-12,14H2,(H,24,27)(H,25,28). The molecule has 0 saturated carbocycles. The second kappa shape index (κ2) is 9.30. The highest BCUT2D eigenvalue weighted by Gasteiger charge is 2.24. The van der Waals surface area contributed by atoms with E-state index in [0.29, 0.717) is 36.2 Å². The largest absolute Gasteiger partial charge is 0.463 e. The maximum atomic E-state index is 12.7. The van der Waals surface area contributed by atoms with Gasteiger partial charge in [0.2, 0.25) is 0 Å². The monoisotopic (exact) mass is 427 g/mol. The number of carbonyl (C=O) groups excluding carboxylic acids is 1. The van der Waals surface area contributed by atoms with Gasteiger partial charge >= 0.3 is 0 Å². The minimum atomic E-state index is -0.466. The van der Waals surface area contributed by atoms with Gasteiger partial charge in [-0.2, -0.15) is 0 Å². The molecule has 1 aromatic carbocycles. The molecule has 3 heterocycles. The number of pyridine rings is 1. The third kappa shape index (κ3) is 4.64. The van der Waals surface area contributed by atoms with E-state index in [9.17, 15) is 9.59 Å². The van der Waals surface area contributed by atoms with E-state index in [-0.39, 0.29) is 11.6 Å². The molecule has 1 fully saturated rings. The number of nitrogens with zero attached hydrogens (tertiary/aromatic N) is 1. The third-order valence-corrected chi connectivity index (χ3v) is 5.35. The van der Waals surface area contributed by atoms with E-state index in [1.165, 1.54) is 12.3 Å². The maximum absolute atomic E-state index is 12.7. The molecule has 1 aliphatic heterocycles. The highest BCUT2D eigenvalue weighted by Crippen LogP contribution is 2.24. The minimum Gasteiger partial charge on any atom is -0.463 e. The van der Waals surface area contributed by atoms with Crippen LogP contribution in [-0.4, -0.2) is 48.6 Å². The van der Waals surface area contributed by atoms with Crippen molar-refractivity contribution >= 4 is 17.5 Å². The fraction of sp³-hybridized carbons (Fsp3) is 0.273. The van der Waals surface area contributed by atoms with Gasteiger partial charge in [0.15, 0.2) is 0 Å². The van der Waals surface area contributed by atoms with Crippen molar-refractivity contribution in [2.45, 2.75) is 6.04 Å². The number of nitrogens with one attached hydrogen (secondary N) is 2. The second-order valence-corrected chi connectivity index (χ2v) is 7.46. The first-order chi connectivity index (χ1) is 14.6. The quantitative estimate of drug-likeness (QED) is 0.631. The van der Waals surface area contributed by atoms with E-state index in [1.807, 2.05) is 24.3 Å². The Morgan fingerprint density at radius 1 is 1.17 bits per heavy atom. The van der Waals surface area contributed by atoms with Crippen LogP contribution < -0.4 is 10.9 Å². The lowest BCUT2D eigenvalue weighted by atomic mass is 10.0. The van der Waals surface area contributed by atoms with E-state index in [0.717, 1.165) is 18.7 Å². The van der Waals surface area contributed by atoms with Crippen molar-refractivity contribution in [3.05, 3.63) is 81.3 Å². The van der Waals surface area contributed by atoms with Crippen molar-refractivity contribution in [1.29, 1.82) is 0 Å². The van der Waals surface area contributed by atoms with E-state index in [1.54, 1.807) is 18.2 Å². The predicted octanol–water partition coefficient (Wildman–Crippen LogP) is 3.09. The molecule has 0 aliphatic carbocycles. The maximum Gasteiger partial charge on any atom is 0.261 e. The summed E-state index contributed by atoms with van der Waals surface area (Å²) in [7, 11) is 0. The van der Waals surface area contributed by atoms with Crippen LogP contribution in [0.25, 0.3) is 11.5 Å². The lowest BCUT2D eigenvalue weighted by Gasteiger charge is -2.35. The highest BCUT2D eigenvalue weighted by molar-refractivity contribution is 6.30. The number of amides is 1. The van der Waals surface area contributed by atoms with Gasteiger partial charge in [-0.25, -0.2) is 0 Å². The van der Waals surface area contributed by atoms with Crippen LogP contribution in [0.3, 0.4) is 0 Å². The SMILES string of the molecule is O=C(NCC(c1cccc(Cl)c1)N1CCOCC1)c1ccc(-c2ccco2)[nH]c1=O. The summed E-state index contributed by atoms with van der Waals surface area (Å²) < 4.78 is 10.7. The van der Waals surface area contributed by atoms with Crippen LogP contribution >= 0.6 is 11.6 Å². The molecule has 1 amide bonds. The minimum absolute atomic E-state index is 0.0529. The van der Waals surface area contributed by atoms with Gasteiger partial charge in [0, 0.05) is 24.7 Å². The van der Waals surface area contributed by atoms with Crippen molar-refractivity contribution in [3.8, 4) is 11.5 Å². The molecule has 2 aromatic heterocycles. The average molecular weight is 428 g/mol. The van der Waals surface area contributed by atoms with Gasteiger partial charge in [0.05, 0.1) is 31.2 Å². The number of aromatic amines is 1. The number of halogens is 1. The van der Waals surface area contributed by atoms with Gasteiger partial charge in [-0.15, -0.1) is 0 Å². The Hall–Kier alpha value is -2.87. The van der Waals surface area contributed by atoms with Gasteiger partial charge in [-0.3, -0.25) is 14.5 Å². The van der Waals surface area contributed by atoms with E-state index in [2.05, 4.69) is 15.2 Å². The van der Waals surface area contributed by atoms with Crippen LogP contribution in [0, 0.1) is 0 Å². The van der Waals surface area contributed by atoms with Crippen molar-refractivity contribution in [3.63, 3.8) is 0 Å². The Labute approximate surface area is 178 Å². The summed E-state index contributed by atoms with van der Waals surface area (Å²) >= 11 is 6.18. The summed E-state index contributed by atoms with van der Waals surface area (Å²) in [5.74, 6) is 0.106. The summed E-state index contributed by atoms with van der Waals surface area (Å²) in [5.41, 5.74) is 1.11. The molecule has 2 N–H and O–H groups in total. The van der Waals surface area contributed by atoms with E-state index in [4.69, 9.17) is 20.8 Å². The zero-order chi connectivity index (χ0) is 20.9. The van der Waals surface area contributed by atoms with Crippen LogP contribution in [0.2, 0.25) is 5.02 Å². The number of H-pyrrole nitrogens is 1. The molecule has 1 unspecified atom stereocenters. The number of morpholine rings is 1. The fourth-order valence-corrected chi connectivity index (χ4v) is 3.77. The molecule has 0 spiro atoms. The molecule has 156 valence electrons. The molecule has 0 bridgehead atoms. The number of aromatic nitrogens is 1. The van der Waals surface area contributed by atoms with E-state index >= 15 is 0 Å². The summed E-state index contributed by atoms with van der Waals surface area (Å²) in [5, 5.41) is 3.54. The predicted molar refractivity (Wildman–Crippen MR) is 114 cm³/mol. The Bertz CT molecular complexity index is 1060. The number of rotatable bonds is 6. The zero-order valence-corrected chi connectivity index (χ0v) is 17.0. The first kappa shape index (κ1) is 20.4. The summed E-state index contributed by atoms with van der Waals surface area (Å²) in [6, 6.07) is 14.2. The van der Waals surface area contributed by atoms with Crippen LogP contribution in [0.1, 0.15) is 22.0 Å². The summed E-state index contributed by atoms with van der Waals surface area (Å²) in [6.07, 6.45) is 1.52. The molecule has 1 saturated heterocycles. The lowest BCUT2D eigenvalue weighted by Crippen LogP contribution is -2.44. The van der Waals surface area contributed by atoms with Gasteiger partial charge in [-0.05, 0) is 42.0 Å². The average Bonchev–Trinajstić information content (AvgIpc) is 3.29. The van der Waals surface area contributed by atoms with Gasteiger partial charge in [-0.1, -0.05) is 23.7 Å². The smallest absolute Gasteiger partial charge is 0.261 e. The molecule has 3 aromatic rings. The number of hydrogen-bond donors (Lipinski definition) is 2. The van der Waals surface area contributed by atoms with Gasteiger partial charge < -0.3 is 19.5 Å². The fourth-order valence-electron chi connectivity index (χ4n) is 3.57. The van der Waals surface area contributed by atoms with Crippen LogP contribution in [0.15, 0.2) is 64.0 Å². The number of hydrogen-bond acceptors (Lipinski definition) is 5. The molecule has 4 rings (SSSR count). The molecular weight excluding hydrogens is 406 g/mol. The molecule has 0 radical (unpaired) electrons. The first-order valence-corrected chi connectivity index (χ1v) is 10.1. The Kier molecular flexibility index (Phi) is 6.32. The third-order valence-electron chi connectivity index (χ3n) is 5.12. The molecule has 30 heavy (non-hydrogen) atoms. The zero-order valence-electron chi connectivity index (χ0n) is 16.3. The number of ether oxygens (including phenoxy) is 1. The van der Waals surface area contributed by atoms with Crippen LogP contribution in [0.5, 0.6) is 0 Å². The molecule has 8 heteroatoms. The van der Waals surface area contributed by atoms with Gasteiger partial charge in [0.1, 0.15) is 11.3 Å². The second-order valence-electron chi connectivity index (χ2n) is 7.02. The highest BCUT2D eigenvalue weighted by atomic mass is 35.5. The molecular formula is C22H22ClN3O4. The van der Waals surface area contributed by atoms with Crippen molar-refractivity contribution < 1.29 is 13.9 Å². The van der Waals surface area contributed by atoms with E-state index < -0.39 is 11.5 Å². The Balaban J connectivity index is 1.50. The molecule has 1 aliphatic rings. The van der Waals surface area contributed by atoms with Crippen molar-refractivity contribution in [2.75, 3.05) is 32.8 Å². The first-order valence-electron chi connectivity index (χ1n) is 9.74. The van der Waals surface area contributed by atoms with Crippen LogP contribution in [-0.2, 0) is 4.74 Å². The molecule has 7 nitrogen and oxygen atoms in total. The number of carbonyl (C=O) groups is 1. The van der Waals surface area contributed by atoms with Crippen molar-refractivity contribution in [2.24, 2.45) is 0 Å². The van der Waals surface area contributed by atoms with Crippen molar-refractivity contribution in [1.82, 2.24) is 15.2 Å². The summed E-state index contributed by atoms with van der Waals surface area (Å²) in [6.45, 7) is 3.13. The number of benzene rings is 1. The summed E-state index contributed by atoms with van der Waals surface area (Å²) in [4.78, 5) is 30.1. The Morgan fingerprint density at radius 2 is 2.00 bits per heavy atom. The Morgan fingerprint density at radius 3 is 2.70 bits per heavy atom. The number of furan rings is 1. The molecule has 1 atom stereocenters. The lowest BCUT2D eigenvalue weighted by molar-refractivity contribution is 0.0162.